The Morgan fingerprint density at radius 2 is 1.90 bits per heavy atom. The van der Waals surface area contributed by atoms with E-state index < -0.39 is 0 Å². The summed E-state index contributed by atoms with van der Waals surface area (Å²) in [5.41, 5.74) is 7.05. The number of aliphatic hydroxyl groups excluding tert-OH is 1. The van der Waals surface area contributed by atoms with Gasteiger partial charge in [-0.3, -0.25) is 10.00 Å². The van der Waals surface area contributed by atoms with Crippen LogP contribution in [0.1, 0.15) is 30.5 Å². The summed E-state index contributed by atoms with van der Waals surface area (Å²) in [6, 6.07) is 12.5. The van der Waals surface area contributed by atoms with Crippen LogP contribution in [0.2, 0.25) is 0 Å². The average Bonchev–Trinajstić information content (AvgIpc) is 3.40. The molecule has 0 radical (unpaired) electrons. The van der Waals surface area contributed by atoms with Crippen LogP contribution in [0.4, 0.5) is 0 Å². The van der Waals surface area contributed by atoms with E-state index in [9.17, 15) is 0 Å². The van der Waals surface area contributed by atoms with Crippen LogP contribution in [0, 0.1) is 11.8 Å². The molecule has 0 bridgehead atoms. The molecule has 3 aromatic rings. The lowest BCUT2D eigenvalue weighted by Crippen LogP contribution is -2.38. The van der Waals surface area contributed by atoms with Gasteiger partial charge in [0.1, 0.15) is 0 Å². The number of fused-ring (bicyclic) bond motifs is 2. The van der Waals surface area contributed by atoms with Gasteiger partial charge in [-0.1, -0.05) is 17.9 Å². The number of thiol groups is 1. The van der Waals surface area contributed by atoms with E-state index in [1.165, 1.54) is 11.1 Å². The third kappa shape index (κ3) is 5.86. The van der Waals surface area contributed by atoms with Crippen molar-refractivity contribution in [2.45, 2.75) is 37.4 Å². The molecule has 158 valence electrons. The molecule has 2 aromatic carbocycles. The molecule has 1 aliphatic heterocycles. The number of nitrogens with zero attached hydrogens (tertiary/aromatic N) is 3. The third-order valence-corrected chi connectivity index (χ3v) is 5.09. The third-order valence-electron chi connectivity index (χ3n) is 4.81. The molecule has 0 unspecified atom stereocenters. The molecule has 7 heteroatoms. The summed E-state index contributed by atoms with van der Waals surface area (Å²) in [6.45, 7) is 9.35. The maximum atomic E-state index is 7.00. The van der Waals surface area contributed by atoms with E-state index in [1.807, 2.05) is 18.3 Å². The number of hydrazone groups is 1. The van der Waals surface area contributed by atoms with Crippen molar-refractivity contribution in [2.75, 3.05) is 14.2 Å². The van der Waals surface area contributed by atoms with E-state index in [0.717, 1.165) is 41.6 Å². The van der Waals surface area contributed by atoms with Gasteiger partial charge in [0.15, 0.2) is 0 Å². The van der Waals surface area contributed by atoms with E-state index in [-0.39, 0.29) is 5.54 Å². The van der Waals surface area contributed by atoms with Crippen molar-refractivity contribution in [3.63, 3.8) is 0 Å². The summed E-state index contributed by atoms with van der Waals surface area (Å²) < 4.78 is 0. The number of hydrogen-bond donors (Lipinski definition) is 4. The quantitative estimate of drug-likeness (QED) is 0.220. The smallest absolute Gasteiger partial charge is 0.0778 e. The second-order valence-electron chi connectivity index (χ2n) is 7.17. The Hall–Kier alpha value is -2.79. The molecule has 1 aliphatic rings. The highest BCUT2D eigenvalue weighted by molar-refractivity contribution is 7.80. The molecule has 2 heterocycles. The highest BCUT2D eigenvalue weighted by Crippen LogP contribution is 2.30. The van der Waals surface area contributed by atoms with Gasteiger partial charge in [0.2, 0.25) is 0 Å². The van der Waals surface area contributed by atoms with Gasteiger partial charge in [-0.25, -0.2) is 0 Å². The zero-order valence-corrected chi connectivity index (χ0v) is 18.8. The normalized spacial score (nSPS) is 12.5. The van der Waals surface area contributed by atoms with Crippen molar-refractivity contribution in [1.29, 1.82) is 0 Å². The Balaban J connectivity index is 0.000000481. The summed E-state index contributed by atoms with van der Waals surface area (Å²) >= 11 is 4.44. The molecule has 0 spiro atoms. The summed E-state index contributed by atoms with van der Waals surface area (Å²) in [5, 5.41) is 18.4. The van der Waals surface area contributed by atoms with Gasteiger partial charge in [-0.05, 0) is 55.3 Å². The van der Waals surface area contributed by atoms with Crippen molar-refractivity contribution < 1.29 is 5.11 Å². The van der Waals surface area contributed by atoms with Gasteiger partial charge in [-0.2, -0.15) is 10.2 Å². The first kappa shape index (κ1) is 23.5. The van der Waals surface area contributed by atoms with Gasteiger partial charge < -0.3 is 10.5 Å². The maximum Gasteiger partial charge on any atom is 0.0778 e. The standard InChI is InChI=1S/C20H19N3S.C2H6N2.CH4O/c1-20(2,23-12-15-4-5-18(24)10-17(15)13-23)8-7-14-3-6-19-16(9-14)11-21-22-19;1-3-4-2;1-2/h3-6,9-11,24H,12-13H2,1-2H3,(H,21,22);4H,1H2,2H3;2H,1H3. The lowest BCUT2D eigenvalue weighted by molar-refractivity contribution is 0.171. The van der Waals surface area contributed by atoms with Crippen LogP contribution in [0.3, 0.4) is 0 Å². The first-order valence-electron chi connectivity index (χ1n) is 9.52. The first-order chi connectivity index (χ1) is 14.4. The molecule has 0 aliphatic carbocycles. The lowest BCUT2D eigenvalue weighted by Gasteiger charge is -2.30. The highest BCUT2D eigenvalue weighted by atomic mass is 32.1. The fourth-order valence-electron chi connectivity index (χ4n) is 3.10. The fourth-order valence-corrected chi connectivity index (χ4v) is 3.33. The van der Waals surface area contributed by atoms with E-state index in [0.29, 0.717) is 0 Å². The van der Waals surface area contributed by atoms with E-state index in [2.05, 4.69) is 94.9 Å². The zero-order chi connectivity index (χ0) is 22.1. The summed E-state index contributed by atoms with van der Waals surface area (Å²) in [4.78, 5) is 3.43. The molecule has 0 atom stereocenters. The molecule has 6 nitrogen and oxygen atoms in total. The minimum absolute atomic E-state index is 0.193. The van der Waals surface area contributed by atoms with Gasteiger partial charge in [-0.15, -0.1) is 12.6 Å². The largest absolute Gasteiger partial charge is 0.400 e. The van der Waals surface area contributed by atoms with Crippen LogP contribution in [0.5, 0.6) is 0 Å². The van der Waals surface area contributed by atoms with E-state index >= 15 is 0 Å². The van der Waals surface area contributed by atoms with Gasteiger partial charge in [0.05, 0.1) is 17.3 Å². The molecule has 3 N–H and O–H groups in total. The van der Waals surface area contributed by atoms with Crippen LogP contribution in [-0.4, -0.2) is 46.6 Å². The number of H-pyrrole nitrogens is 1. The molecule has 0 fully saturated rings. The molecule has 0 saturated carbocycles. The number of rotatable bonds is 2. The van der Waals surface area contributed by atoms with Crippen molar-refractivity contribution in [3.05, 3.63) is 59.3 Å². The Kier molecular flexibility index (Phi) is 8.48. The molecular weight excluding hydrogens is 394 g/mol. The number of aromatic nitrogens is 2. The molecule has 30 heavy (non-hydrogen) atoms. The highest BCUT2D eigenvalue weighted by Gasteiger charge is 2.30. The predicted octanol–water partition coefficient (Wildman–Crippen LogP) is 3.43. The SMILES string of the molecule is C=NNC.CC(C)(C#Cc1ccc2[nH]ncc2c1)N1Cc2ccc(S)cc2C1.CO. The molecule has 0 saturated heterocycles. The van der Waals surface area contributed by atoms with E-state index in [4.69, 9.17) is 5.11 Å². The predicted molar refractivity (Wildman–Crippen MR) is 127 cm³/mol. The van der Waals surface area contributed by atoms with Crippen LogP contribution < -0.4 is 5.43 Å². The summed E-state index contributed by atoms with van der Waals surface area (Å²) in [6.07, 6.45) is 1.83. The van der Waals surface area contributed by atoms with Crippen molar-refractivity contribution in [1.82, 2.24) is 20.5 Å². The minimum Gasteiger partial charge on any atom is -0.400 e. The second-order valence-corrected chi connectivity index (χ2v) is 7.69. The maximum absolute atomic E-state index is 7.00. The Morgan fingerprint density at radius 3 is 2.60 bits per heavy atom. The summed E-state index contributed by atoms with van der Waals surface area (Å²) in [5.74, 6) is 6.78. The number of nitrogens with one attached hydrogen (secondary N) is 2. The van der Waals surface area contributed by atoms with Crippen LogP contribution in [0.25, 0.3) is 10.9 Å². The molecule has 4 rings (SSSR count). The number of aliphatic hydroxyl groups is 1. The fraction of sp³-hybridized carbons (Fsp3) is 0.304. The van der Waals surface area contributed by atoms with Gasteiger partial charge >= 0.3 is 0 Å². The minimum atomic E-state index is -0.193. The molecular formula is C23H29N5OS. The zero-order valence-electron chi connectivity index (χ0n) is 17.9. The second kappa shape index (κ2) is 10.8. The van der Waals surface area contributed by atoms with Gasteiger partial charge in [0, 0.05) is 49.8 Å². The lowest BCUT2D eigenvalue weighted by atomic mass is 10.0. The van der Waals surface area contributed by atoms with Crippen LogP contribution in [0.15, 0.2) is 52.6 Å². The molecule has 0 amide bonds. The number of benzene rings is 2. The van der Waals surface area contributed by atoms with Crippen molar-refractivity contribution >= 4 is 30.2 Å². The van der Waals surface area contributed by atoms with Crippen molar-refractivity contribution in [3.8, 4) is 11.8 Å². The Morgan fingerprint density at radius 1 is 1.20 bits per heavy atom. The van der Waals surface area contributed by atoms with E-state index in [1.54, 1.807) is 7.05 Å². The topological polar surface area (TPSA) is 76.5 Å². The number of hydrogen-bond acceptors (Lipinski definition) is 6. The summed E-state index contributed by atoms with van der Waals surface area (Å²) in [7, 11) is 2.70. The van der Waals surface area contributed by atoms with Gasteiger partial charge in [0.25, 0.3) is 0 Å². The van der Waals surface area contributed by atoms with Crippen molar-refractivity contribution in [2.24, 2.45) is 5.10 Å². The molecule has 1 aromatic heterocycles. The first-order valence-corrected chi connectivity index (χ1v) is 9.97. The average molecular weight is 424 g/mol. The monoisotopic (exact) mass is 423 g/mol. The van der Waals surface area contributed by atoms with Crippen LogP contribution >= 0.6 is 12.6 Å². The van der Waals surface area contributed by atoms with Crippen LogP contribution in [-0.2, 0) is 13.1 Å². The number of aromatic amines is 1. The Labute approximate surface area is 183 Å². The Bertz CT molecular complexity index is 1050.